The van der Waals surface area contributed by atoms with E-state index in [1.165, 1.54) is 12.3 Å². The molecule has 20 heavy (non-hydrogen) atoms. The monoisotopic (exact) mass is 272 g/mol. The average molecular weight is 272 g/mol. The molecule has 5 heteroatoms. The number of hydrogen-bond acceptors (Lipinski definition) is 3. The molecule has 0 fully saturated rings. The molecule has 104 valence electrons. The van der Waals surface area contributed by atoms with Gasteiger partial charge in [-0.1, -0.05) is 30.3 Å². The van der Waals surface area contributed by atoms with Gasteiger partial charge in [0, 0.05) is 12.8 Å². The first kappa shape index (κ1) is 14.0. The van der Waals surface area contributed by atoms with E-state index in [9.17, 15) is 9.59 Å². The van der Waals surface area contributed by atoms with Crippen LogP contribution in [-0.4, -0.2) is 22.6 Å². The van der Waals surface area contributed by atoms with E-state index in [4.69, 9.17) is 5.11 Å². The molecule has 1 heterocycles. The number of amides is 1. The molecule has 0 bridgehead atoms. The van der Waals surface area contributed by atoms with Crippen LogP contribution in [0.15, 0.2) is 53.5 Å². The molecule has 0 saturated carbocycles. The number of nitrogens with one attached hydrogen (secondary N) is 2. The Balaban J connectivity index is 2.19. The molecule has 0 spiro atoms. The van der Waals surface area contributed by atoms with Gasteiger partial charge < -0.3 is 15.4 Å². The zero-order chi connectivity index (χ0) is 14.4. The number of hydrogen-bond donors (Lipinski definition) is 3. The highest BCUT2D eigenvalue weighted by molar-refractivity contribution is 5.94. The Morgan fingerprint density at radius 1 is 1.20 bits per heavy atom. The third-order valence-electron chi connectivity index (χ3n) is 2.99. The minimum absolute atomic E-state index is 0.0506. The maximum absolute atomic E-state index is 12.1. The highest BCUT2D eigenvalue weighted by Gasteiger charge is 2.16. The molecule has 5 nitrogen and oxygen atoms in total. The molecule has 2 rings (SSSR count). The molecular formula is C15H16N2O3. The summed E-state index contributed by atoms with van der Waals surface area (Å²) >= 11 is 0. The summed E-state index contributed by atoms with van der Waals surface area (Å²) in [4.78, 5) is 26.1. The summed E-state index contributed by atoms with van der Waals surface area (Å²) in [7, 11) is 0. The number of benzene rings is 1. The van der Waals surface area contributed by atoms with Crippen molar-refractivity contribution in [3.8, 4) is 0 Å². The number of aliphatic hydroxyl groups excluding tert-OH is 1. The highest BCUT2D eigenvalue weighted by Crippen LogP contribution is 2.16. The summed E-state index contributed by atoms with van der Waals surface area (Å²) in [6.45, 7) is -0.0506. The predicted octanol–water partition coefficient (Wildman–Crippen LogP) is 1.23. The predicted molar refractivity (Wildman–Crippen MR) is 75.4 cm³/mol. The van der Waals surface area contributed by atoms with Gasteiger partial charge in [0.2, 0.25) is 0 Å². The lowest BCUT2D eigenvalue weighted by Gasteiger charge is -2.18. The van der Waals surface area contributed by atoms with Crippen molar-refractivity contribution in [3.63, 3.8) is 0 Å². The van der Waals surface area contributed by atoms with Gasteiger partial charge >= 0.3 is 0 Å². The minimum atomic E-state index is -0.450. The minimum Gasteiger partial charge on any atom is -0.396 e. The van der Waals surface area contributed by atoms with Crippen molar-refractivity contribution in [1.29, 1.82) is 0 Å². The van der Waals surface area contributed by atoms with Crippen LogP contribution in [0, 0.1) is 0 Å². The first-order valence-corrected chi connectivity index (χ1v) is 6.36. The van der Waals surface area contributed by atoms with Crippen LogP contribution in [0.4, 0.5) is 0 Å². The van der Waals surface area contributed by atoms with Crippen molar-refractivity contribution in [2.45, 2.75) is 12.5 Å². The summed E-state index contributed by atoms with van der Waals surface area (Å²) in [5, 5.41) is 11.9. The third kappa shape index (κ3) is 3.33. The smallest absolute Gasteiger partial charge is 0.260 e. The molecule has 0 radical (unpaired) electrons. The molecule has 0 aliphatic heterocycles. The van der Waals surface area contributed by atoms with Gasteiger partial charge in [0.25, 0.3) is 11.5 Å². The fourth-order valence-electron chi connectivity index (χ4n) is 1.97. The summed E-state index contributed by atoms with van der Waals surface area (Å²) in [5.41, 5.74) is 0.523. The van der Waals surface area contributed by atoms with Crippen molar-refractivity contribution in [2.24, 2.45) is 0 Å². The number of aliphatic hydroxyl groups is 1. The largest absolute Gasteiger partial charge is 0.396 e. The zero-order valence-corrected chi connectivity index (χ0v) is 10.9. The number of H-pyrrole nitrogens is 1. The van der Waals surface area contributed by atoms with E-state index in [1.54, 1.807) is 6.07 Å². The molecule has 1 atom stereocenters. The van der Waals surface area contributed by atoms with Crippen LogP contribution in [0.5, 0.6) is 0 Å². The van der Waals surface area contributed by atoms with Crippen LogP contribution in [0.25, 0.3) is 0 Å². The Morgan fingerprint density at radius 2 is 1.95 bits per heavy atom. The van der Waals surface area contributed by atoms with Crippen molar-refractivity contribution in [2.75, 3.05) is 6.61 Å². The Labute approximate surface area is 116 Å². The van der Waals surface area contributed by atoms with Crippen molar-refractivity contribution in [1.82, 2.24) is 10.3 Å². The molecule has 0 aliphatic carbocycles. The van der Waals surface area contributed by atoms with Crippen LogP contribution in [0.2, 0.25) is 0 Å². The summed E-state index contributed by atoms with van der Waals surface area (Å²) in [6, 6.07) is 12.1. The lowest BCUT2D eigenvalue weighted by atomic mass is 10.0. The van der Waals surface area contributed by atoms with Gasteiger partial charge in [0.1, 0.15) is 5.56 Å². The van der Waals surface area contributed by atoms with E-state index >= 15 is 0 Å². The van der Waals surface area contributed by atoms with Crippen LogP contribution in [-0.2, 0) is 0 Å². The first-order valence-electron chi connectivity index (χ1n) is 6.36. The van der Waals surface area contributed by atoms with E-state index in [0.717, 1.165) is 5.56 Å². The van der Waals surface area contributed by atoms with Gasteiger partial charge in [-0.25, -0.2) is 0 Å². The van der Waals surface area contributed by atoms with E-state index in [-0.39, 0.29) is 18.2 Å². The number of carbonyl (C=O) groups excluding carboxylic acids is 1. The second-order valence-corrected chi connectivity index (χ2v) is 4.36. The van der Waals surface area contributed by atoms with E-state index < -0.39 is 11.5 Å². The molecule has 2 aromatic rings. The summed E-state index contributed by atoms with van der Waals surface area (Å²) in [5.74, 6) is -0.450. The van der Waals surface area contributed by atoms with Crippen molar-refractivity contribution >= 4 is 5.91 Å². The van der Waals surface area contributed by atoms with Gasteiger partial charge in [0.05, 0.1) is 6.04 Å². The van der Waals surface area contributed by atoms with Crippen LogP contribution in [0.3, 0.4) is 0 Å². The molecule has 1 aromatic heterocycles. The Morgan fingerprint density at radius 3 is 2.60 bits per heavy atom. The molecule has 0 aliphatic rings. The molecular weight excluding hydrogens is 256 g/mol. The van der Waals surface area contributed by atoms with Crippen LogP contribution < -0.4 is 10.9 Å². The fraction of sp³-hybridized carbons (Fsp3) is 0.200. The number of rotatable bonds is 5. The van der Waals surface area contributed by atoms with Gasteiger partial charge in [-0.2, -0.15) is 0 Å². The molecule has 3 N–H and O–H groups in total. The number of carbonyl (C=O) groups is 1. The lowest BCUT2D eigenvalue weighted by Crippen LogP contribution is -2.33. The number of pyridine rings is 1. The van der Waals surface area contributed by atoms with Crippen molar-refractivity contribution < 1.29 is 9.90 Å². The second kappa shape index (κ2) is 6.68. The van der Waals surface area contributed by atoms with Crippen LogP contribution >= 0.6 is 0 Å². The topological polar surface area (TPSA) is 82.2 Å². The average Bonchev–Trinajstić information content (AvgIpc) is 2.48. The third-order valence-corrected chi connectivity index (χ3v) is 2.99. The second-order valence-electron chi connectivity index (χ2n) is 4.36. The van der Waals surface area contributed by atoms with E-state index in [1.807, 2.05) is 30.3 Å². The van der Waals surface area contributed by atoms with Gasteiger partial charge in [0.15, 0.2) is 0 Å². The first-order chi connectivity index (χ1) is 9.72. The Kier molecular flexibility index (Phi) is 4.68. The quantitative estimate of drug-likeness (QED) is 0.765. The number of aromatic nitrogens is 1. The summed E-state index contributed by atoms with van der Waals surface area (Å²) in [6.07, 6.45) is 1.86. The van der Waals surface area contributed by atoms with Gasteiger partial charge in [-0.05, 0) is 24.1 Å². The molecule has 0 saturated heterocycles. The highest BCUT2D eigenvalue weighted by atomic mass is 16.3. The standard InChI is InChI=1S/C15H16N2O3/c18-10-8-13(11-5-2-1-3-6-11)17-15(20)12-7-4-9-16-14(12)19/h1-7,9,13,18H,8,10H2,(H,16,19)(H,17,20). The maximum atomic E-state index is 12.1. The molecule has 1 amide bonds. The SMILES string of the molecule is O=C(NC(CCO)c1ccccc1)c1ccc[nH]c1=O. The maximum Gasteiger partial charge on any atom is 0.260 e. The Bertz CT molecular complexity index is 622. The normalized spacial score (nSPS) is 11.8. The Hall–Kier alpha value is -2.40. The van der Waals surface area contributed by atoms with Crippen LogP contribution in [0.1, 0.15) is 28.4 Å². The summed E-state index contributed by atoms with van der Waals surface area (Å²) < 4.78 is 0. The molecule has 1 unspecified atom stereocenters. The zero-order valence-electron chi connectivity index (χ0n) is 10.9. The van der Waals surface area contributed by atoms with Gasteiger partial charge in [-0.3, -0.25) is 9.59 Å². The van der Waals surface area contributed by atoms with E-state index in [2.05, 4.69) is 10.3 Å². The van der Waals surface area contributed by atoms with Crippen molar-refractivity contribution in [3.05, 3.63) is 70.1 Å². The number of aromatic amines is 1. The fourth-order valence-corrected chi connectivity index (χ4v) is 1.97. The molecule has 1 aromatic carbocycles. The lowest BCUT2D eigenvalue weighted by molar-refractivity contribution is 0.0928. The van der Waals surface area contributed by atoms with Gasteiger partial charge in [-0.15, -0.1) is 0 Å². The van der Waals surface area contributed by atoms with E-state index in [0.29, 0.717) is 6.42 Å².